The van der Waals surface area contributed by atoms with Gasteiger partial charge in [-0.15, -0.1) is 11.3 Å². The minimum Gasteiger partial charge on any atom is -0.504 e. The maximum Gasteiger partial charge on any atom is 0.309 e. The molecule has 0 amide bonds. The van der Waals surface area contributed by atoms with Crippen LogP contribution in [-0.4, -0.2) is 58.8 Å². The summed E-state index contributed by atoms with van der Waals surface area (Å²) in [5.74, 6) is -0.498. The molecule has 0 fully saturated rings. The van der Waals surface area contributed by atoms with Crippen molar-refractivity contribution in [2.45, 2.75) is 131 Å². The zero-order chi connectivity index (χ0) is 34.2. The first-order chi connectivity index (χ1) is 20.7. The predicted molar refractivity (Wildman–Crippen MR) is 191 cm³/mol. The topological polar surface area (TPSA) is 84.0 Å². The third kappa shape index (κ3) is 13.0. The summed E-state index contributed by atoms with van der Waals surface area (Å²) in [7, 11) is -2.48. The lowest BCUT2D eigenvalue weighted by Gasteiger charge is -2.41. The zero-order valence-corrected chi connectivity index (χ0v) is 32.9. The van der Waals surface area contributed by atoms with Gasteiger partial charge in [-0.3, -0.25) is 9.59 Å². The molecule has 254 valence electrons. The van der Waals surface area contributed by atoms with Gasteiger partial charge in [0.1, 0.15) is 11.9 Å². The minimum atomic E-state index is -2.15. The van der Waals surface area contributed by atoms with Gasteiger partial charge in [0.25, 0.3) is 0 Å². The van der Waals surface area contributed by atoms with E-state index >= 15 is 0 Å². The maximum absolute atomic E-state index is 14.4. The second-order valence-corrected chi connectivity index (χ2v) is 25.1. The predicted octanol–water partition coefficient (Wildman–Crippen LogP) is 9.12. The van der Waals surface area contributed by atoms with Crippen molar-refractivity contribution in [2.75, 3.05) is 7.11 Å². The van der Waals surface area contributed by atoms with Crippen molar-refractivity contribution < 1.29 is 27.9 Å². The average Bonchev–Trinajstić information content (AvgIpc) is 3.32. The van der Waals surface area contributed by atoms with Crippen LogP contribution in [0.2, 0.25) is 39.3 Å². The molecule has 1 aliphatic rings. The van der Waals surface area contributed by atoms with Gasteiger partial charge >= 0.3 is 5.97 Å². The largest absolute Gasteiger partial charge is 0.504 e. The Morgan fingerprint density at radius 2 is 1.73 bits per heavy atom. The maximum atomic E-state index is 14.4. The summed E-state index contributed by atoms with van der Waals surface area (Å²) in [5, 5.41) is 2.99. The molecule has 0 N–H and O–H groups in total. The van der Waals surface area contributed by atoms with Crippen LogP contribution in [0.5, 0.6) is 0 Å². The number of aromatic nitrogens is 1. The SMILES string of the molecule is COC=C/C1=C/C[C@@H](/C(C)=C/c2csc(C)n2)OC(=O)CC(O[Si](C)(C)C)C(C)(C)C(=O)[C@H](C)C(O[Si](C)(C)C)[C@@H](C)CCC1. The van der Waals surface area contributed by atoms with Crippen LogP contribution in [0.1, 0.15) is 77.4 Å². The molecule has 0 radical (unpaired) electrons. The van der Waals surface area contributed by atoms with Gasteiger partial charge in [-0.05, 0) is 102 Å². The molecule has 0 aliphatic carbocycles. The molecule has 1 aliphatic heterocycles. The Hall–Kier alpha value is -1.86. The van der Waals surface area contributed by atoms with E-state index in [1.807, 2.05) is 52.2 Å². The third-order valence-electron chi connectivity index (χ3n) is 8.18. The molecule has 0 saturated carbocycles. The van der Waals surface area contributed by atoms with E-state index in [2.05, 4.69) is 57.3 Å². The summed E-state index contributed by atoms with van der Waals surface area (Å²) in [4.78, 5) is 32.8. The highest BCUT2D eigenvalue weighted by Gasteiger charge is 2.46. The summed E-state index contributed by atoms with van der Waals surface area (Å²) >= 11 is 1.59. The lowest BCUT2D eigenvalue weighted by molar-refractivity contribution is -0.153. The standard InChI is InChI=1S/C35H59NO6SSi2/c1-24-15-14-16-28(19-20-39-7)17-18-30(25(2)21-29-23-43-27(4)36-29)40-32(37)22-31(41-44(8,9)10)35(5,6)34(38)26(3)33(24)42-45(11,12)13/h17,19-21,23-24,26,30-31,33H,14-16,18,22H2,1-13H3/b20-19?,25-21+,28-17+/t24-,26+,30-,31?,33?/m0/s1. The van der Waals surface area contributed by atoms with Gasteiger partial charge < -0.3 is 18.3 Å². The molecule has 1 aromatic rings. The highest BCUT2D eigenvalue weighted by Crippen LogP contribution is 2.37. The number of aryl methyl sites for hydroxylation is 1. The first-order valence-corrected chi connectivity index (χ1v) is 24.0. The molecule has 45 heavy (non-hydrogen) atoms. The Kier molecular flexibility index (Phi) is 14.7. The molecule has 0 saturated heterocycles. The van der Waals surface area contributed by atoms with Gasteiger partial charge in [-0.2, -0.15) is 0 Å². The number of allylic oxidation sites excluding steroid dienone is 2. The van der Waals surface area contributed by atoms with E-state index in [0.717, 1.165) is 41.1 Å². The number of hydrogen-bond acceptors (Lipinski definition) is 8. The quantitative estimate of drug-likeness (QED) is 0.154. The fourth-order valence-corrected chi connectivity index (χ4v) is 8.86. The summed E-state index contributed by atoms with van der Waals surface area (Å²) in [5.41, 5.74) is 1.95. The molecule has 0 spiro atoms. The number of carbonyl (C=O) groups excluding carboxylic acids is 2. The number of methoxy groups -OCH3 is 1. The van der Waals surface area contributed by atoms with Crippen molar-refractivity contribution in [3.05, 3.63) is 45.6 Å². The summed E-state index contributed by atoms with van der Waals surface area (Å²) in [6.07, 6.45) is 9.66. The van der Waals surface area contributed by atoms with E-state index in [1.165, 1.54) is 0 Å². The van der Waals surface area contributed by atoms with Crippen molar-refractivity contribution in [1.82, 2.24) is 4.98 Å². The third-order valence-corrected chi connectivity index (χ3v) is 10.9. The summed E-state index contributed by atoms with van der Waals surface area (Å²) in [6, 6.07) is 0. The van der Waals surface area contributed by atoms with E-state index in [0.29, 0.717) is 6.42 Å². The molecular weight excluding hydrogens is 619 g/mol. The van der Waals surface area contributed by atoms with Gasteiger partial charge in [-0.1, -0.05) is 33.8 Å². The van der Waals surface area contributed by atoms with Gasteiger partial charge in [0.2, 0.25) is 0 Å². The monoisotopic (exact) mass is 677 g/mol. The van der Waals surface area contributed by atoms with Crippen molar-refractivity contribution in [3.8, 4) is 0 Å². The summed E-state index contributed by atoms with van der Waals surface area (Å²) in [6.45, 7) is 24.8. The number of ketones is 1. The Morgan fingerprint density at radius 1 is 1.09 bits per heavy atom. The highest BCUT2D eigenvalue weighted by molar-refractivity contribution is 7.09. The Morgan fingerprint density at radius 3 is 2.29 bits per heavy atom. The number of rotatable bonds is 8. The van der Waals surface area contributed by atoms with Gasteiger partial charge in [0.05, 0.1) is 42.7 Å². The van der Waals surface area contributed by atoms with E-state index in [9.17, 15) is 9.59 Å². The van der Waals surface area contributed by atoms with Crippen molar-refractivity contribution >= 4 is 45.8 Å². The van der Waals surface area contributed by atoms with Crippen LogP contribution in [0.25, 0.3) is 6.08 Å². The number of hydrogen-bond donors (Lipinski definition) is 0. The second kappa shape index (κ2) is 16.8. The Balaban J connectivity index is 2.62. The van der Waals surface area contributed by atoms with Crippen LogP contribution in [0.4, 0.5) is 0 Å². The molecule has 2 rings (SSSR count). The highest BCUT2D eigenvalue weighted by atomic mass is 32.1. The number of cyclic esters (lactones) is 1. The number of esters is 1. The van der Waals surface area contributed by atoms with Crippen LogP contribution in [-0.2, 0) is 27.9 Å². The van der Waals surface area contributed by atoms with Crippen LogP contribution < -0.4 is 0 Å². The number of thiazole rings is 1. The normalized spacial score (nSPS) is 28.1. The van der Waals surface area contributed by atoms with E-state index in [-0.39, 0.29) is 36.1 Å². The zero-order valence-electron chi connectivity index (χ0n) is 30.1. The minimum absolute atomic E-state index is 0.00936. The Bertz CT molecular complexity index is 1220. The van der Waals surface area contributed by atoms with Gasteiger partial charge in [0, 0.05) is 23.1 Å². The van der Waals surface area contributed by atoms with Crippen LogP contribution in [0, 0.1) is 24.2 Å². The lowest BCUT2D eigenvalue weighted by atomic mass is 9.73. The molecule has 0 aromatic carbocycles. The van der Waals surface area contributed by atoms with Crippen molar-refractivity contribution in [3.63, 3.8) is 0 Å². The fraction of sp³-hybridized carbons (Fsp3) is 0.686. The van der Waals surface area contributed by atoms with Gasteiger partial charge in [0.15, 0.2) is 16.6 Å². The van der Waals surface area contributed by atoms with Crippen LogP contribution in [0.3, 0.4) is 0 Å². The van der Waals surface area contributed by atoms with Crippen LogP contribution >= 0.6 is 11.3 Å². The molecule has 1 aromatic heterocycles. The molecule has 0 bridgehead atoms. The molecule has 5 atom stereocenters. The number of nitrogens with zero attached hydrogens (tertiary/aromatic N) is 1. The molecular formula is C35H59NO6SSi2. The molecule has 2 unspecified atom stereocenters. The van der Waals surface area contributed by atoms with Gasteiger partial charge in [-0.25, -0.2) is 4.98 Å². The summed E-state index contributed by atoms with van der Waals surface area (Å²) < 4.78 is 24.9. The van der Waals surface area contributed by atoms with Crippen LogP contribution in [0.15, 0.2) is 34.9 Å². The van der Waals surface area contributed by atoms with E-state index < -0.39 is 34.3 Å². The van der Waals surface area contributed by atoms with E-state index in [4.69, 9.17) is 18.3 Å². The Labute approximate surface area is 279 Å². The lowest BCUT2D eigenvalue weighted by Crippen LogP contribution is -2.51. The first kappa shape index (κ1) is 39.3. The molecule has 10 heteroatoms. The first-order valence-electron chi connectivity index (χ1n) is 16.3. The fourth-order valence-electron chi connectivity index (χ4n) is 5.80. The second-order valence-electron chi connectivity index (χ2n) is 15.1. The number of carbonyl (C=O) groups is 2. The molecule has 2 heterocycles. The van der Waals surface area contributed by atoms with E-state index in [1.54, 1.807) is 24.7 Å². The number of ether oxygens (including phenoxy) is 2. The number of Topliss-reactive ketones (excluding diaryl/α,β-unsaturated/α-hetero) is 1. The van der Waals surface area contributed by atoms with Crippen molar-refractivity contribution in [2.24, 2.45) is 17.3 Å². The molecule has 7 nitrogen and oxygen atoms in total. The smallest absolute Gasteiger partial charge is 0.309 e. The average molecular weight is 678 g/mol. The van der Waals surface area contributed by atoms with Crippen molar-refractivity contribution in [1.29, 1.82) is 0 Å².